The quantitative estimate of drug-likeness (QED) is 0.760. The predicted molar refractivity (Wildman–Crippen MR) is 78.3 cm³/mol. The number of hydrogen-bond acceptors (Lipinski definition) is 4. The van der Waals surface area contributed by atoms with Gasteiger partial charge in [0.25, 0.3) is 0 Å². The molecule has 21 heavy (non-hydrogen) atoms. The Morgan fingerprint density at radius 2 is 1.95 bits per heavy atom. The Hall–Kier alpha value is -2.53. The number of benzene rings is 2. The lowest BCUT2D eigenvalue weighted by atomic mass is 10.0. The van der Waals surface area contributed by atoms with Crippen LogP contribution in [0.25, 0.3) is 0 Å². The van der Waals surface area contributed by atoms with Crippen LogP contribution in [0.1, 0.15) is 17.2 Å². The molecule has 1 unspecified atom stereocenters. The van der Waals surface area contributed by atoms with E-state index in [1.165, 1.54) is 19.2 Å². The van der Waals surface area contributed by atoms with Gasteiger partial charge in [-0.3, -0.25) is 10.1 Å². The van der Waals surface area contributed by atoms with Gasteiger partial charge in [0.2, 0.25) is 0 Å². The SMILES string of the molecule is COc1ccc(O)c(C(NCc2ccccc2)C(=O)O)c1. The molecule has 5 heteroatoms. The standard InChI is InChI=1S/C16H17NO4/c1-21-12-7-8-14(18)13(9-12)15(16(19)20)17-10-11-5-3-2-4-6-11/h2-9,15,17-18H,10H2,1H3,(H,19,20). The van der Waals surface area contributed by atoms with Crippen molar-refractivity contribution in [1.82, 2.24) is 5.32 Å². The van der Waals surface area contributed by atoms with E-state index in [-0.39, 0.29) is 11.3 Å². The number of carboxylic acid groups (broad SMARTS) is 1. The van der Waals surface area contributed by atoms with Crippen LogP contribution in [-0.4, -0.2) is 23.3 Å². The van der Waals surface area contributed by atoms with Crippen molar-refractivity contribution >= 4 is 5.97 Å². The molecular weight excluding hydrogens is 270 g/mol. The first kappa shape index (κ1) is 14.9. The van der Waals surface area contributed by atoms with Crippen LogP contribution in [0.5, 0.6) is 11.5 Å². The molecule has 0 aliphatic carbocycles. The summed E-state index contributed by atoms with van der Waals surface area (Å²) in [4.78, 5) is 11.5. The number of carboxylic acids is 1. The number of phenolic OH excluding ortho intramolecular Hbond substituents is 1. The zero-order chi connectivity index (χ0) is 15.2. The summed E-state index contributed by atoms with van der Waals surface area (Å²) in [6.45, 7) is 0.383. The van der Waals surface area contributed by atoms with Gasteiger partial charge in [0, 0.05) is 12.1 Å². The van der Waals surface area contributed by atoms with E-state index in [0.29, 0.717) is 12.3 Å². The maximum atomic E-state index is 11.5. The summed E-state index contributed by atoms with van der Waals surface area (Å²) in [5.74, 6) is -0.645. The fourth-order valence-electron chi connectivity index (χ4n) is 2.04. The van der Waals surface area contributed by atoms with Crippen LogP contribution in [0.15, 0.2) is 48.5 Å². The Morgan fingerprint density at radius 3 is 2.57 bits per heavy atom. The zero-order valence-electron chi connectivity index (χ0n) is 11.6. The predicted octanol–water partition coefficient (Wildman–Crippen LogP) is 2.32. The van der Waals surface area contributed by atoms with Gasteiger partial charge in [0.05, 0.1) is 7.11 Å². The molecule has 0 saturated heterocycles. The number of rotatable bonds is 6. The number of carbonyl (C=O) groups is 1. The molecular formula is C16H17NO4. The van der Waals surface area contributed by atoms with Gasteiger partial charge in [0.15, 0.2) is 0 Å². The van der Waals surface area contributed by atoms with Gasteiger partial charge >= 0.3 is 5.97 Å². The van der Waals surface area contributed by atoms with Gasteiger partial charge in [-0.05, 0) is 23.8 Å². The fourth-order valence-corrected chi connectivity index (χ4v) is 2.04. The van der Waals surface area contributed by atoms with Gasteiger partial charge in [-0.25, -0.2) is 0 Å². The van der Waals surface area contributed by atoms with Gasteiger partial charge in [-0.2, -0.15) is 0 Å². The number of aromatic hydroxyl groups is 1. The van der Waals surface area contributed by atoms with E-state index < -0.39 is 12.0 Å². The first-order chi connectivity index (χ1) is 10.1. The van der Waals surface area contributed by atoms with Crippen molar-refractivity contribution in [2.75, 3.05) is 7.11 Å². The van der Waals surface area contributed by atoms with Crippen molar-refractivity contribution < 1.29 is 19.7 Å². The van der Waals surface area contributed by atoms with Gasteiger partial charge in [-0.15, -0.1) is 0 Å². The highest BCUT2D eigenvalue weighted by Crippen LogP contribution is 2.29. The lowest BCUT2D eigenvalue weighted by Crippen LogP contribution is -2.28. The molecule has 2 aromatic carbocycles. The molecule has 5 nitrogen and oxygen atoms in total. The molecule has 0 bridgehead atoms. The molecule has 1 atom stereocenters. The topological polar surface area (TPSA) is 78.8 Å². The minimum atomic E-state index is -1.06. The lowest BCUT2D eigenvalue weighted by molar-refractivity contribution is -0.139. The van der Waals surface area contributed by atoms with E-state index in [0.717, 1.165) is 5.56 Å². The van der Waals surface area contributed by atoms with Crippen molar-refractivity contribution in [3.8, 4) is 11.5 Å². The Bertz CT molecular complexity index is 613. The number of hydrogen-bond donors (Lipinski definition) is 3. The molecule has 3 N–H and O–H groups in total. The van der Waals surface area contributed by atoms with Crippen LogP contribution in [-0.2, 0) is 11.3 Å². The monoisotopic (exact) mass is 287 g/mol. The van der Waals surface area contributed by atoms with Crippen LogP contribution in [0.3, 0.4) is 0 Å². The van der Waals surface area contributed by atoms with Gasteiger partial charge in [-0.1, -0.05) is 30.3 Å². The van der Waals surface area contributed by atoms with Crippen molar-refractivity contribution in [3.05, 3.63) is 59.7 Å². The van der Waals surface area contributed by atoms with Crippen LogP contribution < -0.4 is 10.1 Å². The van der Waals surface area contributed by atoms with E-state index in [9.17, 15) is 15.0 Å². The average Bonchev–Trinajstić information content (AvgIpc) is 2.50. The van der Waals surface area contributed by atoms with Crippen LogP contribution in [0, 0.1) is 0 Å². The summed E-state index contributed by atoms with van der Waals surface area (Å²) in [6, 6.07) is 13.0. The number of nitrogens with one attached hydrogen (secondary N) is 1. The first-order valence-corrected chi connectivity index (χ1v) is 6.49. The highest BCUT2D eigenvalue weighted by Gasteiger charge is 2.23. The van der Waals surface area contributed by atoms with E-state index in [1.54, 1.807) is 6.07 Å². The van der Waals surface area contributed by atoms with Crippen LogP contribution in [0.2, 0.25) is 0 Å². The van der Waals surface area contributed by atoms with Gasteiger partial charge < -0.3 is 14.9 Å². The van der Waals surface area contributed by atoms with Gasteiger partial charge in [0.1, 0.15) is 17.5 Å². The molecule has 0 aliphatic heterocycles. The summed E-state index contributed by atoms with van der Waals surface area (Å²) < 4.78 is 5.07. The normalized spacial score (nSPS) is 11.9. The average molecular weight is 287 g/mol. The second-order valence-corrected chi connectivity index (χ2v) is 4.56. The van der Waals surface area contributed by atoms with E-state index >= 15 is 0 Å². The number of methoxy groups -OCH3 is 1. The molecule has 0 spiro atoms. The summed E-state index contributed by atoms with van der Waals surface area (Å²) in [5.41, 5.74) is 1.24. The van der Waals surface area contributed by atoms with Crippen molar-refractivity contribution in [2.45, 2.75) is 12.6 Å². The Balaban J connectivity index is 2.21. The summed E-state index contributed by atoms with van der Waals surface area (Å²) in [5, 5.41) is 22.2. The third-order valence-corrected chi connectivity index (χ3v) is 3.15. The maximum Gasteiger partial charge on any atom is 0.325 e. The van der Waals surface area contributed by atoms with Crippen LogP contribution >= 0.6 is 0 Å². The molecule has 2 aromatic rings. The first-order valence-electron chi connectivity index (χ1n) is 6.49. The van der Waals surface area contributed by atoms with E-state index in [4.69, 9.17) is 4.74 Å². The zero-order valence-corrected chi connectivity index (χ0v) is 11.6. The highest BCUT2D eigenvalue weighted by atomic mass is 16.5. The molecule has 2 rings (SSSR count). The van der Waals surface area contributed by atoms with E-state index in [1.807, 2.05) is 30.3 Å². The summed E-state index contributed by atoms with van der Waals surface area (Å²) >= 11 is 0. The Kier molecular flexibility index (Phi) is 4.79. The second-order valence-electron chi connectivity index (χ2n) is 4.56. The molecule has 0 fully saturated rings. The molecule has 0 aromatic heterocycles. The molecule has 110 valence electrons. The Labute approximate surface area is 122 Å². The third-order valence-electron chi connectivity index (χ3n) is 3.15. The van der Waals surface area contributed by atoms with Crippen molar-refractivity contribution in [2.24, 2.45) is 0 Å². The minimum absolute atomic E-state index is 0.0799. The smallest absolute Gasteiger partial charge is 0.325 e. The largest absolute Gasteiger partial charge is 0.508 e. The molecule has 0 heterocycles. The summed E-state index contributed by atoms with van der Waals surface area (Å²) in [7, 11) is 1.49. The second kappa shape index (κ2) is 6.76. The highest BCUT2D eigenvalue weighted by molar-refractivity contribution is 5.77. The summed E-state index contributed by atoms with van der Waals surface area (Å²) in [6.07, 6.45) is 0. The molecule has 0 aliphatic rings. The molecule has 0 amide bonds. The molecule has 0 saturated carbocycles. The van der Waals surface area contributed by atoms with Crippen LogP contribution in [0.4, 0.5) is 0 Å². The van der Waals surface area contributed by atoms with Crippen molar-refractivity contribution in [1.29, 1.82) is 0 Å². The van der Waals surface area contributed by atoms with Crippen molar-refractivity contribution in [3.63, 3.8) is 0 Å². The number of ether oxygens (including phenoxy) is 1. The number of aliphatic carboxylic acids is 1. The lowest BCUT2D eigenvalue weighted by Gasteiger charge is -2.17. The minimum Gasteiger partial charge on any atom is -0.508 e. The number of phenols is 1. The fraction of sp³-hybridized carbons (Fsp3) is 0.188. The van der Waals surface area contributed by atoms with E-state index in [2.05, 4.69) is 5.32 Å². The maximum absolute atomic E-state index is 11.5. The molecule has 0 radical (unpaired) electrons. The third kappa shape index (κ3) is 3.73. The Morgan fingerprint density at radius 1 is 1.24 bits per heavy atom.